The summed E-state index contributed by atoms with van der Waals surface area (Å²) in [6.45, 7) is 11.4. The molecule has 1 rings (SSSR count). The third-order valence-corrected chi connectivity index (χ3v) is 6.28. The Morgan fingerprint density at radius 2 is 1.60 bits per heavy atom. The summed E-state index contributed by atoms with van der Waals surface area (Å²) in [5.74, 6) is 0.262. The van der Waals surface area contributed by atoms with Crippen molar-refractivity contribution in [3.05, 3.63) is 0 Å². The van der Waals surface area contributed by atoms with Gasteiger partial charge < -0.3 is 5.32 Å². The van der Waals surface area contributed by atoms with E-state index in [1.807, 2.05) is 0 Å². The lowest BCUT2D eigenvalue weighted by Gasteiger charge is -2.54. The summed E-state index contributed by atoms with van der Waals surface area (Å²) in [5.41, 5.74) is 0.254. The van der Waals surface area contributed by atoms with Crippen LogP contribution < -0.4 is 5.32 Å². The molecule has 5 heteroatoms. The van der Waals surface area contributed by atoms with Crippen LogP contribution in [-0.4, -0.2) is 56.0 Å². The molecule has 1 aliphatic rings. The molecule has 0 radical (unpaired) electrons. The molecule has 1 fully saturated rings. The van der Waals surface area contributed by atoms with Crippen LogP contribution in [-0.2, 0) is 9.84 Å². The van der Waals surface area contributed by atoms with Gasteiger partial charge in [0.2, 0.25) is 0 Å². The van der Waals surface area contributed by atoms with Crippen molar-refractivity contribution in [1.29, 1.82) is 0 Å². The van der Waals surface area contributed by atoms with Crippen LogP contribution in [0.1, 0.15) is 53.4 Å². The fourth-order valence-corrected chi connectivity index (χ4v) is 3.87. The molecule has 0 saturated carbocycles. The fourth-order valence-electron chi connectivity index (χ4n) is 3.32. The summed E-state index contributed by atoms with van der Waals surface area (Å²) < 4.78 is 23.0. The smallest absolute Gasteiger partial charge is 0.148 e. The lowest BCUT2D eigenvalue weighted by Crippen LogP contribution is -2.69. The Morgan fingerprint density at radius 1 is 1.05 bits per heavy atom. The molecule has 0 unspecified atom stereocenters. The minimum Gasteiger partial charge on any atom is -0.308 e. The number of hydrogen-bond donors (Lipinski definition) is 1. The maximum Gasteiger partial charge on any atom is 0.148 e. The highest BCUT2D eigenvalue weighted by Crippen LogP contribution is 2.32. The first-order valence-electron chi connectivity index (χ1n) is 7.94. The van der Waals surface area contributed by atoms with Gasteiger partial charge in [0.1, 0.15) is 9.84 Å². The van der Waals surface area contributed by atoms with Crippen molar-refractivity contribution in [3.8, 4) is 0 Å². The van der Waals surface area contributed by atoms with E-state index < -0.39 is 9.84 Å². The Morgan fingerprint density at radius 3 is 2.00 bits per heavy atom. The number of sulfone groups is 1. The second-order valence-corrected chi connectivity index (χ2v) is 8.58. The molecule has 0 aromatic carbocycles. The van der Waals surface area contributed by atoms with Crippen molar-refractivity contribution < 1.29 is 8.42 Å². The van der Waals surface area contributed by atoms with Crippen molar-refractivity contribution in [1.82, 2.24) is 10.2 Å². The molecule has 120 valence electrons. The highest BCUT2D eigenvalue weighted by Gasteiger charge is 2.44. The maximum absolute atomic E-state index is 11.5. The summed E-state index contributed by atoms with van der Waals surface area (Å²) in [6.07, 6.45) is 5.62. The van der Waals surface area contributed by atoms with Gasteiger partial charge in [0.15, 0.2) is 0 Å². The summed E-state index contributed by atoms with van der Waals surface area (Å²) in [7, 11) is -2.90. The average molecular weight is 305 g/mol. The Kier molecular flexibility index (Phi) is 6.05. The zero-order valence-corrected chi connectivity index (χ0v) is 14.6. The van der Waals surface area contributed by atoms with Crippen molar-refractivity contribution >= 4 is 9.84 Å². The van der Waals surface area contributed by atoms with Gasteiger partial charge in [-0.2, -0.15) is 0 Å². The Labute approximate surface area is 125 Å². The van der Waals surface area contributed by atoms with E-state index in [1.54, 1.807) is 0 Å². The summed E-state index contributed by atoms with van der Waals surface area (Å²) >= 11 is 0. The topological polar surface area (TPSA) is 49.4 Å². The molecular formula is C15H32N2O2S. The van der Waals surface area contributed by atoms with Crippen LogP contribution in [0.3, 0.4) is 0 Å². The molecule has 0 aromatic rings. The molecule has 1 heterocycles. The van der Waals surface area contributed by atoms with Gasteiger partial charge in [-0.1, -0.05) is 27.7 Å². The Hall–Kier alpha value is -0.130. The lowest BCUT2D eigenvalue weighted by molar-refractivity contribution is -0.000194. The predicted molar refractivity (Wildman–Crippen MR) is 85.9 cm³/mol. The van der Waals surface area contributed by atoms with Crippen molar-refractivity contribution in [2.45, 2.75) is 64.5 Å². The predicted octanol–water partition coefficient (Wildman–Crippen LogP) is 2.05. The monoisotopic (exact) mass is 304 g/mol. The van der Waals surface area contributed by atoms with Crippen LogP contribution in [0.15, 0.2) is 0 Å². The lowest BCUT2D eigenvalue weighted by atomic mass is 9.80. The Balaban J connectivity index is 2.94. The normalized spacial score (nSPS) is 22.9. The highest BCUT2D eigenvalue weighted by molar-refractivity contribution is 7.90. The van der Waals surface area contributed by atoms with Crippen LogP contribution in [0.4, 0.5) is 0 Å². The van der Waals surface area contributed by atoms with Crippen LogP contribution in [0, 0.1) is 0 Å². The average Bonchev–Trinajstić information content (AvgIpc) is 2.44. The molecule has 0 bridgehead atoms. The van der Waals surface area contributed by atoms with Gasteiger partial charge in [-0.25, -0.2) is 8.42 Å². The molecular weight excluding hydrogens is 272 g/mol. The molecule has 1 saturated heterocycles. The number of hydrogen-bond acceptors (Lipinski definition) is 4. The molecule has 0 spiro atoms. The van der Waals surface area contributed by atoms with E-state index in [9.17, 15) is 8.42 Å². The minimum atomic E-state index is -2.90. The summed E-state index contributed by atoms with van der Waals surface area (Å²) in [5, 5.41) is 3.76. The molecule has 0 atom stereocenters. The molecule has 1 aliphatic heterocycles. The van der Waals surface area contributed by atoms with E-state index in [0.717, 1.165) is 38.8 Å². The second-order valence-electron chi connectivity index (χ2n) is 6.32. The van der Waals surface area contributed by atoms with Crippen molar-refractivity contribution in [3.63, 3.8) is 0 Å². The van der Waals surface area contributed by atoms with Gasteiger partial charge in [-0.3, -0.25) is 4.90 Å². The van der Waals surface area contributed by atoms with Gasteiger partial charge in [0.05, 0.1) is 5.75 Å². The van der Waals surface area contributed by atoms with Gasteiger partial charge in [0, 0.05) is 37.0 Å². The number of nitrogens with zero attached hydrogens (tertiary/aromatic N) is 1. The number of rotatable bonds is 7. The standard InChI is InChI=1S/C15H32N2O2S/c1-6-14(7-2)13-17(10-11-20(5,18)19)15(8-3,9-4)12-16-14/h16H,6-13H2,1-5H3. The third-order valence-electron chi connectivity index (χ3n) is 5.36. The van der Waals surface area contributed by atoms with E-state index in [0.29, 0.717) is 6.54 Å². The van der Waals surface area contributed by atoms with E-state index in [2.05, 4.69) is 37.9 Å². The van der Waals surface area contributed by atoms with Gasteiger partial charge in [0.25, 0.3) is 0 Å². The fraction of sp³-hybridized carbons (Fsp3) is 1.00. The molecule has 20 heavy (non-hydrogen) atoms. The third kappa shape index (κ3) is 3.95. The van der Waals surface area contributed by atoms with Gasteiger partial charge in [-0.05, 0) is 25.7 Å². The van der Waals surface area contributed by atoms with Crippen LogP contribution >= 0.6 is 0 Å². The first kappa shape index (κ1) is 17.9. The quantitative estimate of drug-likeness (QED) is 0.782. The van der Waals surface area contributed by atoms with Crippen LogP contribution in [0.2, 0.25) is 0 Å². The number of piperazine rings is 1. The van der Waals surface area contributed by atoms with E-state index in [-0.39, 0.29) is 16.8 Å². The molecule has 4 nitrogen and oxygen atoms in total. The molecule has 1 N–H and O–H groups in total. The van der Waals surface area contributed by atoms with E-state index in [1.165, 1.54) is 6.26 Å². The first-order valence-corrected chi connectivity index (χ1v) is 10.0. The summed E-state index contributed by atoms with van der Waals surface area (Å²) in [4.78, 5) is 2.44. The van der Waals surface area contributed by atoms with Crippen LogP contribution in [0.5, 0.6) is 0 Å². The molecule has 0 amide bonds. The van der Waals surface area contributed by atoms with Crippen LogP contribution in [0.25, 0.3) is 0 Å². The zero-order valence-electron chi connectivity index (χ0n) is 13.8. The maximum atomic E-state index is 11.5. The molecule has 0 aliphatic carbocycles. The SMILES string of the molecule is CCC1(CC)CN(CCS(C)(=O)=O)C(CC)(CC)CN1. The zero-order chi connectivity index (χ0) is 15.4. The Bertz CT molecular complexity index is 398. The second kappa shape index (κ2) is 6.75. The molecule has 0 aromatic heterocycles. The highest BCUT2D eigenvalue weighted by atomic mass is 32.2. The minimum absolute atomic E-state index is 0.110. The van der Waals surface area contributed by atoms with E-state index >= 15 is 0 Å². The summed E-state index contributed by atoms with van der Waals surface area (Å²) in [6, 6.07) is 0. The van der Waals surface area contributed by atoms with Gasteiger partial charge >= 0.3 is 0 Å². The van der Waals surface area contributed by atoms with E-state index in [4.69, 9.17) is 0 Å². The van der Waals surface area contributed by atoms with Gasteiger partial charge in [-0.15, -0.1) is 0 Å². The van der Waals surface area contributed by atoms with Crippen molar-refractivity contribution in [2.75, 3.05) is 31.6 Å². The largest absolute Gasteiger partial charge is 0.308 e. The first-order chi connectivity index (χ1) is 9.26. The van der Waals surface area contributed by atoms with Crippen molar-refractivity contribution in [2.24, 2.45) is 0 Å². The number of nitrogens with one attached hydrogen (secondary N) is 1.